The number of hydrogen-bond acceptors (Lipinski definition) is 10. The fraction of sp³-hybridized carbons (Fsp3) is 0.250. The topological polar surface area (TPSA) is 110 Å². The molecule has 4 aromatic rings. The third-order valence-corrected chi connectivity index (χ3v) is 7.57. The van der Waals surface area contributed by atoms with Gasteiger partial charge < -0.3 is 15.0 Å². The first-order chi connectivity index (χ1) is 15.0. The molecule has 0 spiro atoms. The maximum atomic E-state index is 12.7. The van der Waals surface area contributed by atoms with Crippen molar-refractivity contribution < 1.29 is 9.53 Å². The molecule has 1 unspecified atom stereocenters. The van der Waals surface area contributed by atoms with Gasteiger partial charge in [0.2, 0.25) is 5.13 Å². The molecule has 31 heavy (non-hydrogen) atoms. The highest BCUT2D eigenvalue weighted by Crippen LogP contribution is 2.37. The summed E-state index contributed by atoms with van der Waals surface area (Å²) in [5, 5.41) is 12.6. The Morgan fingerprint density at radius 2 is 2.03 bits per heavy atom. The number of hydrogen-bond donors (Lipinski definition) is 2. The molecule has 1 atom stereocenters. The van der Waals surface area contributed by atoms with Gasteiger partial charge in [-0.15, -0.1) is 21.5 Å². The van der Waals surface area contributed by atoms with Gasteiger partial charge in [-0.3, -0.25) is 4.79 Å². The minimum atomic E-state index is -0.432. The third kappa shape index (κ3) is 4.63. The molecule has 0 aliphatic rings. The quantitative estimate of drug-likeness (QED) is 0.288. The van der Waals surface area contributed by atoms with E-state index in [2.05, 4.69) is 25.5 Å². The van der Waals surface area contributed by atoms with Crippen LogP contribution in [0.1, 0.15) is 40.2 Å². The van der Waals surface area contributed by atoms with Gasteiger partial charge in [-0.25, -0.2) is 9.78 Å². The van der Waals surface area contributed by atoms with Crippen molar-refractivity contribution in [3.8, 4) is 0 Å². The van der Waals surface area contributed by atoms with Crippen LogP contribution in [0.25, 0.3) is 10.2 Å². The standard InChI is InChI=1S/C20H19N5O3S3/c1-4-28-18(27)14-10(2)13-16(26)22-15(23-17(13)30-14)11(3)29-20-25-24-19(31-20)21-12-8-6-5-7-9-12/h5-9,11H,4H2,1-3H3,(H,21,24)(H,22,23,26). The lowest BCUT2D eigenvalue weighted by atomic mass is 10.2. The van der Waals surface area contributed by atoms with Crippen molar-refractivity contribution in [3.05, 3.63) is 57.0 Å². The number of thiophene rings is 1. The number of nitrogens with zero attached hydrogens (tertiary/aromatic N) is 3. The van der Waals surface area contributed by atoms with Crippen LogP contribution in [-0.4, -0.2) is 32.7 Å². The predicted octanol–water partition coefficient (Wildman–Crippen LogP) is 4.92. The number of esters is 1. The summed E-state index contributed by atoms with van der Waals surface area (Å²) >= 11 is 4.06. The van der Waals surface area contributed by atoms with Crippen LogP contribution in [0, 0.1) is 6.92 Å². The Morgan fingerprint density at radius 1 is 1.26 bits per heavy atom. The highest BCUT2D eigenvalue weighted by atomic mass is 32.2. The second-order valence-electron chi connectivity index (χ2n) is 6.53. The second kappa shape index (κ2) is 9.16. The number of anilines is 2. The molecule has 8 nitrogen and oxygen atoms in total. The Bertz CT molecular complexity index is 1280. The molecule has 0 amide bonds. The summed E-state index contributed by atoms with van der Waals surface area (Å²) in [6.07, 6.45) is 0. The summed E-state index contributed by atoms with van der Waals surface area (Å²) in [6, 6.07) is 9.74. The Balaban J connectivity index is 1.55. The number of aryl methyl sites for hydroxylation is 1. The van der Waals surface area contributed by atoms with Gasteiger partial charge in [0.25, 0.3) is 5.56 Å². The zero-order valence-corrected chi connectivity index (χ0v) is 19.4. The number of aromatic nitrogens is 4. The van der Waals surface area contributed by atoms with E-state index in [0.29, 0.717) is 31.6 Å². The van der Waals surface area contributed by atoms with Gasteiger partial charge in [0.05, 0.1) is 17.2 Å². The molecular weight excluding hydrogens is 454 g/mol. The smallest absolute Gasteiger partial charge is 0.348 e. The number of ether oxygens (including phenoxy) is 1. The Morgan fingerprint density at radius 3 is 2.77 bits per heavy atom. The van der Waals surface area contributed by atoms with E-state index in [4.69, 9.17) is 4.74 Å². The zero-order chi connectivity index (χ0) is 22.0. The van der Waals surface area contributed by atoms with E-state index in [1.807, 2.05) is 37.3 Å². The molecule has 3 heterocycles. The van der Waals surface area contributed by atoms with Gasteiger partial charge in [0.15, 0.2) is 4.34 Å². The van der Waals surface area contributed by atoms with E-state index in [-0.39, 0.29) is 17.4 Å². The molecule has 0 saturated carbocycles. The number of rotatable bonds is 7. The SMILES string of the molecule is CCOC(=O)c1sc2nc(C(C)Sc3nnc(Nc4ccccc4)s3)[nH]c(=O)c2c1C. The summed E-state index contributed by atoms with van der Waals surface area (Å²) in [4.78, 5) is 33.2. The normalized spacial score (nSPS) is 12.1. The Kier molecular flexibility index (Phi) is 6.35. The monoisotopic (exact) mass is 473 g/mol. The summed E-state index contributed by atoms with van der Waals surface area (Å²) in [5.41, 5.74) is 1.27. The number of fused-ring (bicyclic) bond motifs is 1. The van der Waals surface area contributed by atoms with E-state index in [9.17, 15) is 9.59 Å². The minimum absolute atomic E-state index is 0.164. The van der Waals surface area contributed by atoms with Crippen LogP contribution in [0.5, 0.6) is 0 Å². The number of benzene rings is 1. The fourth-order valence-corrected chi connectivity index (χ4v) is 5.96. The summed E-state index contributed by atoms with van der Waals surface area (Å²) in [6.45, 7) is 5.70. The summed E-state index contributed by atoms with van der Waals surface area (Å²) < 4.78 is 5.84. The fourth-order valence-electron chi connectivity index (χ4n) is 2.90. The highest BCUT2D eigenvalue weighted by Gasteiger charge is 2.22. The summed E-state index contributed by atoms with van der Waals surface area (Å²) in [7, 11) is 0. The van der Waals surface area contributed by atoms with Crippen molar-refractivity contribution in [1.29, 1.82) is 0 Å². The number of aromatic amines is 1. The number of nitrogens with one attached hydrogen (secondary N) is 2. The van der Waals surface area contributed by atoms with E-state index < -0.39 is 5.97 Å². The van der Waals surface area contributed by atoms with Crippen molar-refractivity contribution >= 4 is 61.4 Å². The van der Waals surface area contributed by atoms with Crippen molar-refractivity contribution in [2.45, 2.75) is 30.4 Å². The van der Waals surface area contributed by atoms with E-state index in [1.54, 1.807) is 13.8 Å². The van der Waals surface area contributed by atoms with Crippen LogP contribution in [0.2, 0.25) is 0 Å². The van der Waals surface area contributed by atoms with E-state index >= 15 is 0 Å². The molecular formula is C20H19N5O3S3. The van der Waals surface area contributed by atoms with Crippen molar-refractivity contribution in [1.82, 2.24) is 20.2 Å². The molecule has 4 rings (SSSR count). The van der Waals surface area contributed by atoms with Crippen molar-refractivity contribution in [3.63, 3.8) is 0 Å². The zero-order valence-electron chi connectivity index (χ0n) is 17.0. The Labute approximate surface area is 190 Å². The van der Waals surface area contributed by atoms with Crippen molar-refractivity contribution in [2.75, 3.05) is 11.9 Å². The van der Waals surface area contributed by atoms with Gasteiger partial charge in [-0.2, -0.15) is 0 Å². The first-order valence-electron chi connectivity index (χ1n) is 9.49. The lowest BCUT2D eigenvalue weighted by molar-refractivity contribution is 0.0531. The van der Waals surface area contributed by atoms with Gasteiger partial charge in [0, 0.05) is 5.69 Å². The number of carbonyl (C=O) groups is 1. The molecule has 160 valence electrons. The van der Waals surface area contributed by atoms with Gasteiger partial charge >= 0.3 is 5.97 Å². The molecule has 3 aromatic heterocycles. The summed E-state index contributed by atoms with van der Waals surface area (Å²) in [5.74, 6) is 0.0885. The lowest BCUT2D eigenvalue weighted by Gasteiger charge is -2.07. The van der Waals surface area contributed by atoms with Crippen LogP contribution in [-0.2, 0) is 4.74 Å². The van der Waals surface area contributed by atoms with E-state index in [0.717, 1.165) is 10.0 Å². The minimum Gasteiger partial charge on any atom is -0.462 e. The molecule has 11 heteroatoms. The molecule has 1 aromatic carbocycles. The number of H-pyrrole nitrogens is 1. The molecule has 0 aliphatic heterocycles. The average Bonchev–Trinajstić information content (AvgIpc) is 3.33. The van der Waals surface area contributed by atoms with Crippen LogP contribution in [0.3, 0.4) is 0 Å². The molecule has 0 fully saturated rings. The van der Waals surface area contributed by atoms with Crippen molar-refractivity contribution in [2.24, 2.45) is 0 Å². The largest absolute Gasteiger partial charge is 0.462 e. The van der Waals surface area contributed by atoms with Crippen LogP contribution in [0.4, 0.5) is 10.8 Å². The first-order valence-corrected chi connectivity index (χ1v) is 12.0. The predicted molar refractivity (Wildman–Crippen MR) is 125 cm³/mol. The maximum absolute atomic E-state index is 12.7. The maximum Gasteiger partial charge on any atom is 0.348 e. The van der Waals surface area contributed by atoms with Crippen LogP contribution in [0.15, 0.2) is 39.5 Å². The van der Waals surface area contributed by atoms with Gasteiger partial charge in [-0.1, -0.05) is 41.3 Å². The van der Waals surface area contributed by atoms with Gasteiger partial charge in [-0.05, 0) is 38.5 Å². The molecule has 0 saturated heterocycles. The molecule has 0 aliphatic carbocycles. The number of thioether (sulfide) groups is 1. The van der Waals surface area contributed by atoms with Crippen LogP contribution >= 0.6 is 34.4 Å². The van der Waals surface area contributed by atoms with Gasteiger partial charge in [0.1, 0.15) is 15.5 Å². The second-order valence-corrected chi connectivity index (χ2v) is 10.1. The van der Waals surface area contributed by atoms with E-state index in [1.165, 1.54) is 34.4 Å². The number of para-hydroxylation sites is 1. The lowest BCUT2D eigenvalue weighted by Crippen LogP contribution is -2.12. The van der Waals surface area contributed by atoms with Crippen LogP contribution < -0.4 is 10.9 Å². The highest BCUT2D eigenvalue weighted by molar-refractivity contribution is 8.01. The molecule has 0 radical (unpaired) electrons. The first kappa shape index (κ1) is 21.5. The molecule has 0 bridgehead atoms. The number of carbonyl (C=O) groups excluding carboxylic acids is 1. The third-order valence-electron chi connectivity index (χ3n) is 4.37. The average molecular weight is 474 g/mol. The molecule has 2 N–H and O–H groups in total. The Hall–Kier alpha value is -2.76.